The molecule has 1 aromatic heterocycles. The van der Waals surface area contributed by atoms with Crippen LogP contribution in [-0.2, 0) is 11.3 Å². The summed E-state index contributed by atoms with van der Waals surface area (Å²) in [5, 5.41) is 10.5. The molecule has 0 bridgehead atoms. The number of aliphatic imine (C=N–C) groups is 1. The van der Waals surface area contributed by atoms with Crippen molar-refractivity contribution >= 4 is 29.9 Å². The number of aryl methyl sites for hydroxylation is 1. The molecule has 1 aliphatic heterocycles. The highest BCUT2D eigenvalue weighted by Crippen LogP contribution is 2.19. The van der Waals surface area contributed by atoms with Crippen LogP contribution in [0, 0.1) is 12.8 Å². The predicted molar refractivity (Wildman–Crippen MR) is 113 cm³/mol. The minimum absolute atomic E-state index is 0. The summed E-state index contributed by atoms with van der Waals surface area (Å²) >= 11 is 0. The third-order valence-electron chi connectivity index (χ3n) is 4.79. The first-order chi connectivity index (χ1) is 12.2. The molecule has 26 heavy (non-hydrogen) atoms. The number of ether oxygens (including phenoxy) is 1. The first-order valence-corrected chi connectivity index (χ1v) is 9.23. The number of halogens is 1. The fraction of sp³-hybridized carbons (Fsp3) is 0.824. The van der Waals surface area contributed by atoms with Crippen LogP contribution in [0.3, 0.4) is 0 Å². The summed E-state index contributed by atoms with van der Waals surface area (Å²) in [5.74, 6) is 2.60. The van der Waals surface area contributed by atoms with Crippen molar-refractivity contribution in [2.75, 3.05) is 39.9 Å². The van der Waals surface area contributed by atoms with E-state index in [1.54, 1.807) is 7.05 Å². The molecule has 2 N–H and O–H groups in total. The third-order valence-corrected chi connectivity index (χ3v) is 4.79. The summed E-state index contributed by atoms with van der Waals surface area (Å²) in [6.45, 7) is 11.3. The molecule has 1 saturated heterocycles. The van der Waals surface area contributed by atoms with E-state index in [1.807, 2.05) is 6.92 Å². The number of hydrogen-bond acceptors (Lipinski definition) is 6. The van der Waals surface area contributed by atoms with Crippen molar-refractivity contribution in [2.45, 2.75) is 46.2 Å². The molecule has 1 aliphatic rings. The van der Waals surface area contributed by atoms with Crippen LogP contribution in [0.4, 0.5) is 0 Å². The predicted octanol–water partition coefficient (Wildman–Crippen LogP) is 1.80. The molecular formula is C17H33IN6O2. The van der Waals surface area contributed by atoms with Crippen LogP contribution in [0.15, 0.2) is 9.52 Å². The van der Waals surface area contributed by atoms with Crippen molar-refractivity contribution in [3.05, 3.63) is 11.7 Å². The molecule has 8 nitrogen and oxygen atoms in total. The largest absolute Gasteiger partial charge is 0.379 e. The second kappa shape index (κ2) is 12.4. The lowest BCUT2D eigenvalue weighted by Gasteiger charge is -2.39. The van der Waals surface area contributed by atoms with Gasteiger partial charge in [0.05, 0.1) is 19.8 Å². The lowest BCUT2D eigenvalue weighted by atomic mass is 9.92. The summed E-state index contributed by atoms with van der Waals surface area (Å²) < 4.78 is 10.6. The molecule has 2 rings (SSSR count). The smallest absolute Gasteiger partial charge is 0.246 e. The molecule has 0 spiro atoms. The molecule has 0 aromatic carbocycles. The molecule has 0 amide bonds. The number of nitrogens with one attached hydrogen (secondary N) is 2. The van der Waals surface area contributed by atoms with Gasteiger partial charge in [0, 0.05) is 32.7 Å². The first kappa shape index (κ1) is 23.1. The Bertz CT molecular complexity index is 529. The number of guanidine groups is 1. The second-order valence-electron chi connectivity index (χ2n) is 6.33. The Kier molecular flexibility index (Phi) is 11.1. The highest BCUT2D eigenvalue weighted by atomic mass is 127. The van der Waals surface area contributed by atoms with Crippen molar-refractivity contribution in [1.29, 1.82) is 0 Å². The van der Waals surface area contributed by atoms with Gasteiger partial charge in [-0.3, -0.25) is 9.89 Å². The minimum atomic E-state index is 0. The van der Waals surface area contributed by atoms with Crippen LogP contribution >= 0.6 is 24.0 Å². The normalized spacial score (nSPS) is 17.0. The number of rotatable bonds is 8. The average molecular weight is 480 g/mol. The number of morpholine rings is 1. The van der Waals surface area contributed by atoms with Gasteiger partial charge in [0.25, 0.3) is 0 Å². The van der Waals surface area contributed by atoms with E-state index in [0.717, 1.165) is 38.8 Å². The number of nitrogens with zero attached hydrogens (tertiary/aromatic N) is 4. The maximum Gasteiger partial charge on any atom is 0.246 e. The SMILES string of the molecule is CCC(CC)C(CNC(=NC)NCc1nc(C)no1)N1CCOCC1.I. The Morgan fingerprint density at radius 2 is 1.92 bits per heavy atom. The van der Waals surface area contributed by atoms with E-state index in [2.05, 4.69) is 44.5 Å². The Hall–Kier alpha value is -0.940. The zero-order chi connectivity index (χ0) is 18.1. The maximum absolute atomic E-state index is 5.51. The van der Waals surface area contributed by atoms with Crippen molar-refractivity contribution in [1.82, 2.24) is 25.7 Å². The lowest BCUT2D eigenvalue weighted by molar-refractivity contribution is 0.00272. The van der Waals surface area contributed by atoms with Gasteiger partial charge >= 0.3 is 0 Å². The van der Waals surface area contributed by atoms with Crippen molar-refractivity contribution < 1.29 is 9.26 Å². The van der Waals surface area contributed by atoms with E-state index in [9.17, 15) is 0 Å². The van der Waals surface area contributed by atoms with Gasteiger partial charge in [-0.05, 0) is 12.8 Å². The fourth-order valence-corrected chi connectivity index (χ4v) is 3.33. The zero-order valence-corrected chi connectivity index (χ0v) is 18.7. The van der Waals surface area contributed by atoms with E-state index < -0.39 is 0 Å². The molecule has 1 atom stereocenters. The van der Waals surface area contributed by atoms with Crippen LogP contribution in [0.2, 0.25) is 0 Å². The van der Waals surface area contributed by atoms with E-state index in [1.165, 1.54) is 12.8 Å². The van der Waals surface area contributed by atoms with Gasteiger partial charge in [-0.1, -0.05) is 31.8 Å². The summed E-state index contributed by atoms with van der Waals surface area (Å²) in [7, 11) is 1.77. The lowest BCUT2D eigenvalue weighted by Crippen LogP contribution is -2.53. The number of hydrogen-bond donors (Lipinski definition) is 2. The van der Waals surface area contributed by atoms with Gasteiger partial charge in [-0.2, -0.15) is 4.98 Å². The summed E-state index contributed by atoms with van der Waals surface area (Å²) in [6.07, 6.45) is 2.35. The molecule has 0 radical (unpaired) electrons. The van der Waals surface area contributed by atoms with Crippen LogP contribution < -0.4 is 10.6 Å². The Balaban J connectivity index is 0.00000338. The molecule has 0 saturated carbocycles. The van der Waals surface area contributed by atoms with Crippen LogP contribution in [-0.4, -0.2) is 66.9 Å². The molecule has 1 unspecified atom stereocenters. The van der Waals surface area contributed by atoms with Gasteiger partial charge in [0.15, 0.2) is 11.8 Å². The van der Waals surface area contributed by atoms with Gasteiger partial charge in [-0.25, -0.2) is 0 Å². The third kappa shape index (κ3) is 6.99. The van der Waals surface area contributed by atoms with Crippen LogP contribution in [0.25, 0.3) is 0 Å². The molecule has 0 aliphatic carbocycles. The topological polar surface area (TPSA) is 87.8 Å². The zero-order valence-electron chi connectivity index (χ0n) is 16.3. The van der Waals surface area contributed by atoms with Gasteiger partial charge in [0.2, 0.25) is 5.89 Å². The van der Waals surface area contributed by atoms with Gasteiger partial charge < -0.3 is 19.9 Å². The number of aromatic nitrogens is 2. The molecule has 1 aromatic rings. The summed E-state index contributed by atoms with van der Waals surface area (Å²) in [4.78, 5) is 11.0. The maximum atomic E-state index is 5.51. The molecule has 150 valence electrons. The van der Waals surface area contributed by atoms with Crippen LogP contribution in [0.1, 0.15) is 38.4 Å². The Morgan fingerprint density at radius 1 is 1.23 bits per heavy atom. The standard InChI is InChI=1S/C17H32N6O2.HI/c1-5-14(6-2)15(23-7-9-24-10-8-23)11-19-17(18-4)20-12-16-21-13(3)22-25-16;/h14-15H,5-12H2,1-4H3,(H2,18,19,20);1H. The quantitative estimate of drug-likeness (QED) is 0.333. The van der Waals surface area contributed by atoms with E-state index >= 15 is 0 Å². The molecular weight excluding hydrogens is 447 g/mol. The fourth-order valence-electron chi connectivity index (χ4n) is 3.33. The minimum Gasteiger partial charge on any atom is -0.379 e. The van der Waals surface area contributed by atoms with Gasteiger partial charge in [0.1, 0.15) is 0 Å². The van der Waals surface area contributed by atoms with Crippen molar-refractivity contribution in [2.24, 2.45) is 10.9 Å². The molecule has 2 heterocycles. The van der Waals surface area contributed by atoms with Crippen LogP contribution in [0.5, 0.6) is 0 Å². The Labute approximate surface area is 173 Å². The van der Waals surface area contributed by atoms with Crippen molar-refractivity contribution in [3.63, 3.8) is 0 Å². The van der Waals surface area contributed by atoms with E-state index in [0.29, 0.717) is 30.2 Å². The molecule has 1 fully saturated rings. The highest BCUT2D eigenvalue weighted by molar-refractivity contribution is 14.0. The van der Waals surface area contributed by atoms with Crippen molar-refractivity contribution in [3.8, 4) is 0 Å². The Morgan fingerprint density at radius 3 is 2.46 bits per heavy atom. The first-order valence-electron chi connectivity index (χ1n) is 9.23. The summed E-state index contributed by atoms with van der Waals surface area (Å²) in [6, 6.07) is 0.475. The second-order valence-corrected chi connectivity index (χ2v) is 6.33. The highest BCUT2D eigenvalue weighted by Gasteiger charge is 2.27. The van der Waals surface area contributed by atoms with E-state index in [4.69, 9.17) is 9.26 Å². The summed E-state index contributed by atoms with van der Waals surface area (Å²) in [5.41, 5.74) is 0. The van der Waals surface area contributed by atoms with Gasteiger partial charge in [-0.15, -0.1) is 24.0 Å². The monoisotopic (exact) mass is 480 g/mol. The van der Waals surface area contributed by atoms with E-state index in [-0.39, 0.29) is 24.0 Å². The average Bonchev–Trinajstić information content (AvgIpc) is 3.07. The molecule has 9 heteroatoms.